The molecule has 0 saturated carbocycles. The molecule has 0 aliphatic rings. The van der Waals surface area contributed by atoms with Crippen LogP contribution in [0.3, 0.4) is 0 Å². The maximum absolute atomic E-state index is 13.0. The van der Waals surface area contributed by atoms with Gasteiger partial charge in [-0.25, -0.2) is 9.07 Å². The van der Waals surface area contributed by atoms with Gasteiger partial charge in [0.2, 0.25) is 5.88 Å². The first-order valence-electron chi connectivity index (χ1n) is 6.63. The van der Waals surface area contributed by atoms with Crippen LogP contribution >= 0.6 is 0 Å². The van der Waals surface area contributed by atoms with E-state index in [4.69, 9.17) is 4.74 Å². The van der Waals surface area contributed by atoms with Gasteiger partial charge in [0.15, 0.2) is 0 Å². The second kappa shape index (κ2) is 6.52. The van der Waals surface area contributed by atoms with Crippen LogP contribution in [0.4, 0.5) is 4.39 Å². The predicted molar refractivity (Wildman–Crippen MR) is 76.3 cm³/mol. The third-order valence-corrected chi connectivity index (χ3v) is 3.26. The van der Waals surface area contributed by atoms with Gasteiger partial charge in [0, 0.05) is 13.6 Å². The summed E-state index contributed by atoms with van der Waals surface area (Å²) < 4.78 is 20.1. The zero-order valence-corrected chi connectivity index (χ0v) is 12.1. The third kappa shape index (κ3) is 3.36. The fraction of sp³-hybridized carbons (Fsp3) is 0.400. The van der Waals surface area contributed by atoms with Gasteiger partial charge in [-0.1, -0.05) is 12.1 Å². The molecule has 1 aromatic carbocycles. The molecule has 0 spiro atoms. The number of aryl methyl sites for hydroxylation is 2. The van der Waals surface area contributed by atoms with Crippen molar-refractivity contribution < 1.29 is 9.13 Å². The van der Waals surface area contributed by atoms with Crippen LogP contribution in [-0.2, 0) is 20.0 Å². The van der Waals surface area contributed by atoms with Crippen LogP contribution in [-0.4, -0.2) is 23.4 Å². The SMILES string of the molecule is COc1c(CNCCc2cccc(F)c2)c(C)nn1C. The van der Waals surface area contributed by atoms with Crippen molar-refractivity contribution in [3.63, 3.8) is 0 Å². The van der Waals surface area contributed by atoms with Crippen molar-refractivity contribution in [1.29, 1.82) is 0 Å². The number of halogens is 1. The lowest BCUT2D eigenvalue weighted by Gasteiger charge is -2.07. The Labute approximate surface area is 118 Å². The normalized spacial score (nSPS) is 10.8. The maximum atomic E-state index is 13.0. The van der Waals surface area contributed by atoms with E-state index < -0.39 is 0 Å². The summed E-state index contributed by atoms with van der Waals surface area (Å²) >= 11 is 0. The summed E-state index contributed by atoms with van der Waals surface area (Å²) in [6.45, 7) is 3.44. The van der Waals surface area contributed by atoms with Gasteiger partial charge in [0.05, 0.1) is 18.4 Å². The molecular formula is C15H20FN3O. The topological polar surface area (TPSA) is 39.1 Å². The maximum Gasteiger partial charge on any atom is 0.216 e. The van der Waals surface area contributed by atoms with E-state index in [0.717, 1.165) is 35.7 Å². The zero-order chi connectivity index (χ0) is 14.5. The highest BCUT2D eigenvalue weighted by molar-refractivity contribution is 5.30. The Balaban J connectivity index is 1.87. The van der Waals surface area contributed by atoms with Crippen LogP contribution in [0, 0.1) is 12.7 Å². The lowest BCUT2D eigenvalue weighted by Crippen LogP contribution is -2.17. The number of benzene rings is 1. The summed E-state index contributed by atoms with van der Waals surface area (Å²) in [6.07, 6.45) is 0.791. The van der Waals surface area contributed by atoms with Crippen LogP contribution < -0.4 is 10.1 Å². The van der Waals surface area contributed by atoms with E-state index in [9.17, 15) is 4.39 Å². The molecule has 1 N–H and O–H groups in total. The van der Waals surface area contributed by atoms with E-state index in [0.29, 0.717) is 6.54 Å². The summed E-state index contributed by atoms with van der Waals surface area (Å²) in [5.41, 5.74) is 3.02. The van der Waals surface area contributed by atoms with Crippen molar-refractivity contribution in [2.75, 3.05) is 13.7 Å². The van der Waals surface area contributed by atoms with Crippen molar-refractivity contribution in [3.8, 4) is 5.88 Å². The Kier molecular flexibility index (Phi) is 4.74. The monoisotopic (exact) mass is 277 g/mol. The molecule has 0 bridgehead atoms. The van der Waals surface area contributed by atoms with Gasteiger partial charge in [-0.3, -0.25) is 0 Å². The number of methoxy groups -OCH3 is 1. The van der Waals surface area contributed by atoms with Crippen molar-refractivity contribution >= 4 is 0 Å². The molecule has 0 aliphatic carbocycles. The van der Waals surface area contributed by atoms with Gasteiger partial charge < -0.3 is 10.1 Å². The van der Waals surface area contributed by atoms with Crippen molar-refractivity contribution in [2.24, 2.45) is 7.05 Å². The van der Waals surface area contributed by atoms with Gasteiger partial charge in [0.25, 0.3) is 0 Å². The number of nitrogens with zero attached hydrogens (tertiary/aromatic N) is 2. The molecule has 1 aromatic heterocycles. The van der Waals surface area contributed by atoms with Gasteiger partial charge in [-0.05, 0) is 37.6 Å². The van der Waals surface area contributed by atoms with Gasteiger partial charge in [-0.2, -0.15) is 5.10 Å². The number of ether oxygens (including phenoxy) is 1. The lowest BCUT2D eigenvalue weighted by molar-refractivity contribution is 0.368. The van der Waals surface area contributed by atoms with Crippen molar-refractivity contribution in [2.45, 2.75) is 19.9 Å². The van der Waals surface area contributed by atoms with Gasteiger partial charge in [0.1, 0.15) is 5.82 Å². The average Bonchev–Trinajstić information content (AvgIpc) is 2.68. The fourth-order valence-corrected chi connectivity index (χ4v) is 2.28. The van der Waals surface area contributed by atoms with Crippen LogP contribution in [0.15, 0.2) is 24.3 Å². The molecule has 5 heteroatoms. The molecule has 0 fully saturated rings. The Morgan fingerprint density at radius 3 is 2.90 bits per heavy atom. The lowest BCUT2D eigenvalue weighted by atomic mass is 10.1. The van der Waals surface area contributed by atoms with E-state index in [1.165, 1.54) is 6.07 Å². The Morgan fingerprint density at radius 2 is 2.20 bits per heavy atom. The minimum absolute atomic E-state index is 0.188. The highest BCUT2D eigenvalue weighted by Crippen LogP contribution is 2.20. The summed E-state index contributed by atoms with van der Waals surface area (Å²) in [5, 5.41) is 7.68. The van der Waals surface area contributed by atoms with E-state index in [1.54, 1.807) is 23.9 Å². The molecule has 108 valence electrons. The summed E-state index contributed by atoms with van der Waals surface area (Å²) in [6, 6.07) is 6.69. The number of nitrogens with one attached hydrogen (secondary N) is 1. The summed E-state index contributed by atoms with van der Waals surface area (Å²) in [7, 11) is 3.51. The minimum atomic E-state index is -0.188. The molecule has 0 atom stereocenters. The number of hydrogen-bond acceptors (Lipinski definition) is 3. The van der Waals surface area contributed by atoms with Crippen LogP contribution in [0.25, 0.3) is 0 Å². The molecular weight excluding hydrogens is 257 g/mol. The van der Waals surface area contributed by atoms with Crippen LogP contribution in [0.1, 0.15) is 16.8 Å². The molecule has 0 unspecified atom stereocenters. The summed E-state index contributed by atoms with van der Waals surface area (Å²) in [4.78, 5) is 0. The highest BCUT2D eigenvalue weighted by Gasteiger charge is 2.12. The van der Waals surface area contributed by atoms with Crippen molar-refractivity contribution in [1.82, 2.24) is 15.1 Å². The van der Waals surface area contributed by atoms with E-state index in [1.807, 2.05) is 20.0 Å². The first-order chi connectivity index (χ1) is 9.61. The van der Waals surface area contributed by atoms with Gasteiger partial charge >= 0.3 is 0 Å². The largest absolute Gasteiger partial charge is 0.481 e. The molecule has 2 rings (SSSR count). The first kappa shape index (κ1) is 14.5. The second-order valence-corrected chi connectivity index (χ2v) is 4.75. The Morgan fingerprint density at radius 1 is 1.40 bits per heavy atom. The average molecular weight is 277 g/mol. The minimum Gasteiger partial charge on any atom is -0.481 e. The third-order valence-electron chi connectivity index (χ3n) is 3.26. The van der Waals surface area contributed by atoms with E-state index >= 15 is 0 Å². The van der Waals surface area contributed by atoms with Crippen molar-refractivity contribution in [3.05, 3.63) is 46.9 Å². The molecule has 0 saturated heterocycles. The highest BCUT2D eigenvalue weighted by atomic mass is 19.1. The second-order valence-electron chi connectivity index (χ2n) is 4.75. The molecule has 1 heterocycles. The standard InChI is InChI=1S/C15H20FN3O/c1-11-14(15(20-3)19(2)18-11)10-17-8-7-12-5-4-6-13(16)9-12/h4-6,9,17H,7-8,10H2,1-3H3. The predicted octanol–water partition coefficient (Wildman–Crippen LogP) is 2.21. The first-order valence-corrected chi connectivity index (χ1v) is 6.63. The quantitative estimate of drug-likeness (QED) is 0.823. The molecule has 2 aromatic rings. The smallest absolute Gasteiger partial charge is 0.216 e. The molecule has 20 heavy (non-hydrogen) atoms. The van der Waals surface area contributed by atoms with Crippen LogP contribution in [0.2, 0.25) is 0 Å². The Hall–Kier alpha value is -1.88. The summed E-state index contributed by atoms with van der Waals surface area (Å²) in [5.74, 6) is 0.591. The molecule has 0 aliphatic heterocycles. The number of rotatable bonds is 6. The number of hydrogen-bond donors (Lipinski definition) is 1. The molecule has 4 nitrogen and oxygen atoms in total. The van der Waals surface area contributed by atoms with E-state index in [2.05, 4.69) is 10.4 Å². The van der Waals surface area contributed by atoms with Gasteiger partial charge in [-0.15, -0.1) is 0 Å². The zero-order valence-electron chi connectivity index (χ0n) is 12.1. The van der Waals surface area contributed by atoms with E-state index in [-0.39, 0.29) is 5.82 Å². The fourth-order valence-electron chi connectivity index (χ4n) is 2.28. The molecule has 0 radical (unpaired) electrons. The van der Waals surface area contributed by atoms with Crippen LogP contribution in [0.5, 0.6) is 5.88 Å². The number of aromatic nitrogens is 2. The molecule has 0 amide bonds. The Bertz CT molecular complexity index is 580.